The van der Waals surface area contributed by atoms with E-state index in [-0.39, 0.29) is 30.4 Å². The summed E-state index contributed by atoms with van der Waals surface area (Å²) in [6, 6.07) is 8.34. The Morgan fingerprint density at radius 1 is 1.25 bits per heavy atom. The summed E-state index contributed by atoms with van der Waals surface area (Å²) in [5.74, 6) is 1.12. The van der Waals surface area contributed by atoms with Gasteiger partial charge in [-0.3, -0.25) is 0 Å². The minimum absolute atomic E-state index is 0.0947. The van der Waals surface area contributed by atoms with Crippen LogP contribution in [0.1, 0.15) is 32.1 Å². The second-order valence-corrected chi connectivity index (χ2v) is 10.5. The third-order valence-electron chi connectivity index (χ3n) is 5.62. The molecule has 2 atom stereocenters. The lowest BCUT2D eigenvalue weighted by Gasteiger charge is -2.33. The Bertz CT molecular complexity index is 1210. The van der Waals surface area contributed by atoms with Crippen LogP contribution in [-0.4, -0.2) is 70.0 Å². The Balaban J connectivity index is 1.58. The Kier molecular flexibility index (Phi) is 6.15. The second kappa shape index (κ2) is 8.72. The second-order valence-electron chi connectivity index (χ2n) is 8.43. The molecule has 0 unspecified atom stereocenters. The van der Waals surface area contributed by atoms with E-state index in [1.807, 2.05) is 18.4 Å². The normalized spacial score (nSPS) is 19.9. The third kappa shape index (κ3) is 4.45. The Morgan fingerprint density at radius 3 is 2.75 bits per heavy atom. The molecule has 0 spiro atoms. The molecule has 11 heteroatoms. The number of sulfonamides is 1. The summed E-state index contributed by atoms with van der Waals surface area (Å²) < 4.78 is 43.2. The Morgan fingerprint density at radius 2 is 2.03 bits per heavy atom. The van der Waals surface area contributed by atoms with Gasteiger partial charge in [-0.25, -0.2) is 17.8 Å². The highest BCUT2D eigenvalue weighted by molar-refractivity contribution is 7.89. The van der Waals surface area contributed by atoms with Gasteiger partial charge in [0.15, 0.2) is 0 Å². The zero-order valence-electron chi connectivity index (χ0n) is 18.3. The number of halogens is 1. The molecule has 0 saturated carbocycles. The Hall–Kier alpha value is -2.63. The van der Waals surface area contributed by atoms with Gasteiger partial charge in [0.2, 0.25) is 10.0 Å². The Labute approximate surface area is 186 Å². The molecule has 2 aromatic heterocycles. The number of benzene rings is 1. The van der Waals surface area contributed by atoms with Crippen LogP contribution in [0.15, 0.2) is 41.6 Å². The van der Waals surface area contributed by atoms with Crippen molar-refractivity contribution in [1.82, 2.24) is 24.1 Å². The van der Waals surface area contributed by atoms with Crippen LogP contribution >= 0.6 is 0 Å². The van der Waals surface area contributed by atoms with Crippen LogP contribution in [0.2, 0.25) is 0 Å². The average molecular weight is 463 g/mol. The largest absolute Gasteiger partial charge is 0.391 e. The first-order valence-corrected chi connectivity index (χ1v) is 11.9. The van der Waals surface area contributed by atoms with Gasteiger partial charge >= 0.3 is 0 Å². The fourth-order valence-electron chi connectivity index (χ4n) is 3.90. The zero-order chi connectivity index (χ0) is 23.0. The number of nitrogens with zero attached hydrogens (tertiary/aromatic N) is 6. The lowest BCUT2D eigenvalue weighted by molar-refractivity contribution is 0.110. The molecule has 3 aromatic rings. The van der Waals surface area contributed by atoms with Crippen LogP contribution in [0.25, 0.3) is 10.9 Å². The van der Waals surface area contributed by atoms with E-state index in [1.54, 1.807) is 35.5 Å². The first-order chi connectivity index (χ1) is 15.1. The molecule has 0 bridgehead atoms. The van der Waals surface area contributed by atoms with Crippen molar-refractivity contribution < 1.29 is 17.9 Å². The number of β-amino-alcohol motifs (C(OH)–C–C–N with tert-alkyl or cyclic N) is 1. The number of piperidine rings is 1. The highest BCUT2D eigenvalue weighted by Gasteiger charge is 2.27. The van der Waals surface area contributed by atoms with Gasteiger partial charge in [-0.05, 0) is 44.2 Å². The molecule has 0 amide bonds. The van der Waals surface area contributed by atoms with Gasteiger partial charge < -0.3 is 14.6 Å². The van der Waals surface area contributed by atoms with Crippen LogP contribution in [-0.2, 0) is 16.6 Å². The minimum Gasteiger partial charge on any atom is -0.391 e. The minimum atomic E-state index is -3.76. The highest BCUT2D eigenvalue weighted by atomic mass is 32.2. The van der Waals surface area contributed by atoms with E-state index in [1.165, 1.54) is 17.4 Å². The van der Waals surface area contributed by atoms with Gasteiger partial charge in [-0.15, -0.1) is 10.2 Å². The smallest absolute Gasteiger partial charge is 0.243 e. The standard InChI is InChI=1S/C21H27FN6O3S/c1-14(2)28-13-23-25-21(28)12-26(3)32(30,31)18-5-6-19-15(8-18)4-7-20(24-19)27-10-16(22)9-17(29)11-27/h4-8,13-14,16-17,29H,9-12H2,1-3H3/t16-,17-/m1/s1. The van der Waals surface area contributed by atoms with Crippen molar-refractivity contribution >= 4 is 26.7 Å². The lowest BCUT2D eigenvalue weighted by atomic mass is 10.1. The van der Waals surface area contributed by atoms with Gasteiger partial charge in [0.25, 0.3) is 0 Å². The fourth-order valence-corrected chi connectivity index (χ4v) is 5.07. The van der Waals surface area contributed by atoms with Crippen molar-refractivity contribution in [2.45, 2.75) is 50.0 Å². The maximum Gasteiger partial charge on any atom is 0.243 e. The number of fused-ring (bicyclic) bond motifs is 1. The first-order valence-electron chi connectivity index (χ1n) is 10.5. The van der Waals surface area contributed by atoms with Gasteiger partial charge in [0, 0.05) is 31.4 Å². The summed E-state index contributed by atoms with van der Waals surface area (Å²) in [5.41, 5.74) is 0.596. The van der Waals surface area contributed by atoms with Crippen LogP contribution in [0, 0.1) is 0 Å². The van der Waals surface area contributed by atoms with E-state index in [0.29, 0.717) is 29.1 Å². The van der Waals surface area contributed by atoms with Gasteiger partial charge in [-0.1, -0.05) is 0 Å². The first kappa shape index (κ1) is 22.6. The summed E-state index contributed by atoms with van der Waals surface area (Å²) in [6.45, 7) is 4.54. The van der Waals surface area contributed by atoms with Crippen molar-refractivity contribution in [3.8, 4) is 0 Å². The number of hydrogen-bond donors (Lipinski definition) is 1. The fraction of sp³-hybridized carbons (Fsp3) is 0.476. The van der Waals surface area contributed by atoms with Crippen LogP contribution < -0.4 is 4.90 Å². The number of aromatic nitrogens is 4. The van der Waals surface area contributed by atoms with Crippen molar-refractivity contribution in [2.75, 3.05) is 25.0 Å². The van der Waals surface area contributed by atoms with Crippen LogP contribution in [0.4, 0.5) is 10.2 Å². The molecule has 32 heavy (non-hydrogen) atoms. The van der Waals surface area contributed by atoms with Crippen molar-refractivity contribution in [2.24, 2.45) is 0 Å². The summed E-state index contributed by atoms with van der Waals surface area (Å²) in [7, 11) is -2.25. The molecule has 1 aliphatic rings. The molecule has 172 valence electrons. The topological polar surface area (TPSA) is 104 Å². The predicted octanol–water partition coefficient (Wildman–Crippen LogP) is 2.14. The molecule has 0 aliphatic carbocycles. The maximum absolute atomic E-state index is 13.8. The van der Waals surface area contributed by atoms with Crippen molar-refractivity contribution in [3.05, 3.63) is 42.5 Å². The van der Waals surface area contributed by atoms with E-state index in [9.17, 15) is 17.9 Å². The molecule has 3 heterocycles. The SMILES string of the molecule is CC(C)n1cnnc1CN(C)S(=O)(=O)c1ccc2nc(N3C[C@H](O)C[C@@H](F)C3)ccc2c1. The quantitative estimate of drug-likeness (QED) is 0.598. The number of alkyl halides is 1. The molecular formula is C21H27FN6O3S. The molecule has 1 aliphatic heterocycles. The van der Waals surface area contributed by atoms with E-state index >= 15 is 0 Å². The molecular weight excluding hydrogens is 435 g/mol. The summed E-state index contributed by atoms with van der Waals surface area (Å²) >= 11 is 0. The zero-order valence-corrected chi connectivity index (χ0v) is 19.1. The van der Waals surface area contributed by atoms with E-state index in [4.69, 9.17) is 0 Å². The molecule has 9 nitrogen and oxygen atoms in total. The molecule has 4 rings (SSSR count). The summed E-state index contributed by atoms with van der Waals surface area (Å²) in [5, 5.41) is 18.4. The number of aliphatic hydroxyl groups excluding tert-OH is 1. The third-order valence-corrected chi connectivity index (χ3v) is 7.42. The average Bonchev–Trinajstić information content (AvgIpc) is 3.20. The van der Waals surface area contributed by atoms with E-state index < -0.39 is 22.3 Å². The monoisotopic (exact) mass is 462 g/mol. The molecule has 1 fully saturated rings. The van der Waals surface area contributed by atoms with Crippen molar-refractivity contribution in [1.29, 1.82) is 0 Å². The molecule has 1 N–H and O–H groups in total. The van der Waals surface area contributed by atoms with E-state index in [0.717, 1.165) is 0 Å². The van der Waals surface area contributed by atoms with Crippen LogP contribution in [0.3, 0.4) is 0 Å². The lowest BCUT2D eigenvalue weighted by Crippen LogP contribution is -2.44. The number of rotatable bonds is 6. The van der Waals surface area contributed by atoms with Gasteiger partial charge in [-0.2, -0.15) is 4.31 Å². The molecule has 1 saturated heterocycles. The number of hydrogen-bond acceptors (Lipinski definition) is 7. The van der Waals surface area contributed by atoms with Gasteiger partial charge in [0.05, 0.1) is 29.6 Å². The highest BCUT2D eigenvalue weighted by Crippen LogP contribution is 2.26. The number of anilines is 1. The van der Waals surface area contributed by atoms with Gasteiger partial charge in [0.1, 0.15) is 24.1 Å². The number of pyridine rings is 1. The van der Waals surface area contributed by atoms with Crippen LogP contribution in [0.5, 0.6) is 0 Å². The van der Waals surface area contributed by atoms with E-state index in [2.05, 4.69) is 15.2 Å². The summed E-state index contributed by atoms with van der Waals surface area (Å²) in [6.07, 6.45) is -0.125. The maximum atomic E-state index is 13.8. The number of aliphatic hydroxyl groups is 1. The summed E-state index contributed by atoms with van der Waals surface area (Å²) in [4.78, 5) is 6.40. The predicted molar refractivity (Wildman–Crippen MR) is 119 cm³/mol. The van der Waals surface area contributed by atoms with Crippen molar-refractivity contribution in [3.63, 3.8) is 0 Å². The molecule has 0 radical (unpaired) electrons. The molecule has 1 aromatic carbocycles.